The first-order valence-corrected chi connectivity index (χ1v) is 7.41. The third-order valence-electron chi connectivity index (χ3n) is 2.70. The summed E-state index contributed by atoms with van der Waals surface area (Å²) in [5.74, 6) is 0.743. The molecule has 0 bridgehead atoms. The molecule has 0 aromatic carbocycles. The van der Waals surface area contributed by atoms with Crippen LogP contribution < -0.4 is 5.32 Å². The van der Waals surface area contributed by atoms with Crippen LogP contribution in [0.25, 0.3) is 0 Å². The van der Waals surface area contributed by atoms with Gasteiger partial charge in [0.25, 0.3) is 0 Å². The van der Waals surface area contributed by atoms with Gasteiger partial charge in [0.1, 0.15) is 0 Å². The Morgan fingerprint density at radius 1 is 1.38 bits per heavy atom. The van der Waals surface area contributed by atoms with Crippen LogP contribution in [0.5, 0.6) is 0 Å². The lowest BCUT2D eigenvalue weighted by Gasteiger charge is -2.21. The molecule has 21 heavy (non-hydrogen) atoms. The number of unbranched alkanes of at least 4 members (excludes halogenated alkanes) is 1. The van der Waals surface area contributed by atoms with E-state index in [0.717, 1.165) is 31.9 Å². The maximum absolute atomic E-state index is 11.2. The van der Waals surface area contributed by atoms with Gasteiger partial charge in [-0.15, -0.1) is 30.6 Å². The average Bonchev–Trinajstić information content (AvgIpc) is 2.42. The fourth-order valence-corrected chi connectivity index (χ4v) is 1.69. The maximum atomic E-state index is 11.2. The predicted molar refractivity (Wildman–Crippen MR) is 99.3 cm³/mol. The molecule has 124 valence electrons. The van der Waals surface area contributed by atoms with Gasteiger partial charge in [0, 0.05) is 33.1 Å². The summed E-state index contributed by atoms with van der Waals surface area (Å²) in [4.78, 5) is 17.8. The first kappa shape index (κ1) is 22.5. The fourth-order valence-electron chi connectivity index (χ4n) is 1.69. The van der Waals surface area contributed by atoms with Gasteiger partial charge >= 0.3 is 5.97 Å². The third kappa shape index (κ3) is 12.6. The molecule has 0 aromatic heterocycles. The van der Waals surface area contributed by atoms with Gasteiger partial charge in [0.15, 0.2) is 5.96 Å². The summed E-state index contributed by atoms with van der Waals surface area (Å²) >= 11 is 0. The van der Waals surface area contributed by atoms with E-state index in [2.05, 4.69) is 21.8 Å². The molecule has 5 nitrogen and oxygen atoms in total. The number of allylic oxidation sites excluding steroid dienone is 1. The molecule has 0 saturated heterocycles. The Hall–Kier alpha value is -0.790. The fraction of sp³-hybridized carbons (Fsp3) is 0.733. The topological polar surface area (TPSA) is 53.9 Å². The molecule has 0 unspecified atom stereocenters. The Morgan fingerprint density at radius 2 is 2.10 bits per heavy atom. The zero-order valence-corrected chi connectivity index (χ0v) is 15.9. The summed E-state index contributed by atoms with van der Waals surface area (Å²) in [5.41, 5.74) is 0. The molecule has 0 atom stereocenters. The summed E-state index contributed by atoms with van der Waals surface area (Å²) < 4.78 is 4.89. The van der Waals surface area contributed by atoms with E-state index in [-0.39, 0.29) is 29.9 Å². The number of halogens is 1. The standard InChI is InChI=1S/C15H29N3O2.HI/c1-5-8-9-13-18(4)15(16-6-2)17-12-10-11-14(19)20-7-3;/h5H,1,6-13H2,2-4H3,(H,16,17);1H. The Morgan fingerprint density at radius 3 is 2.67 bits per heavy atom. The van der Waals surface area contributed by atoms with Gasteiger partial charge in [-0.2, -0.15) is 0 Å². The van der Waals surface area contributed by atoms with Crippen molar-refractivity contribution in [2.75, 3.05) is 33.3 Å². The van der Waals surface area contributed by atoms with Gasteiger partial charge in [0.2, 0.25) is 0 Å². The molecular weight excluding hydrogens is 381 g/mol. The van der Waals surface area contributed by atoms with E-state index < -0.39 is 0 Å². The van der Waals surface area contributed by atoms with E-state index >= 15 is 0 Å². The van der Waals surface area contributed by atoms with Crippen molar-refractivity contribution in [1.82, 2.24) is 10.2 Å². The Labute approximate surface area is 146 Å². The molecule has 0 spiro atoms. The van der Waals surface area contributed by atoms with E-state index in [1.54, 1.807) is 0 Å². The highest BCUT2D eigenvalue weighted by Crippen LogP contribution is 1.97. The van der Waals surface area contributed by atoms with E-state index in [0.29, 0.717) is 26.0 Å². The normalized spacial score (nSPS) is 10.5. The first-order valence-electron chi connectivity index (χ1n) is 7.41. The van der Waals surface area contributed by atoms with Crippen molar-refractivity contribution in [3.05, 3.63) is 12.7 Å². The van der Waals surface area contributed by atoms with Crippen LogP contribution >= 0.6 is 24.0 Å². The minimum absolute atomic E-state index is 0. The highest BCUT2D eigenvalue weighted by atomic mass is 127. The largest absolute Gasteiger partial charge is 0.466 e. The minimum Gasteiger partial charge on any atom is -0.466 e. The zero-order valence-electron chi connectivity index (χ0n) is 13.6. The van der Waals surface area contributed by atoms with Crippen molar-refractivity contribution in [3.63, 3.8) is 0 Å². The number of carbonyl (C=O) groups is 1. The van der Waals surface area contributed by atoms with Crippen LogP contribution in [0.15, 0.2) is 17.6 Å². The van der Waals surface area contributed by atoms with Crippen molar-refractivity contribution >= 4 is 35.9 Å². The van der Waals surface area contributed by atoms with Crippen molar-refractivity contribution < 1.29 is 9.53 Å². The summed E-state index contributed by atoms with van der Waals surface area (Å²) in [7, 11) is 2.02. The summed E-state index contributed by atoms with van der Waals surface area (Å²) in [6, 6.07) is 0. The highest BCUT2D eigenvalue weighted by Gasteiger charge is 2.05. The lowest BCUT2D eigenvalue weighted by molar-refractivity contribution is -0.143. The molecule has 0 aliphatic rings. The average molecular weight is 411 g/mol. The third-order valence-corrected chi connectivity index (χ3v) is 2.70. The van der Waals surface area contributed by atoms with Crippen LogP contribution in [0.4, 0.5) is 0 Å². The van der Waals surface area contributed by atoms with Crippen LogP contribution in [-0.4, -0.2) is 50.1 Å². The van der Waals surface area contributed by atoms with E-state index in [1.165, 1.54) is 0 Å². The van der Waals surface area contributed by atoms with Crippen molar-refractivity contribution in [3.8, 4) is 0 Å². The van der Waals surface area contributed by atoms with Crippen LogP contribution in [-0.2, 0) is 9.53 Å². The van der Waals surface area contributed by atoms with E-state index in [9.17, 15) is 4.79 Å². The summed E-state index contributed by atoms with van der Waals surface area (Å²) in [6.07, 6.45) is 5.14. The molecule has 6 heteroatoms. The second-order valence-electron chi connectivity index (χ2n) is 4.50. The number of ether oxygens (including phenoxy) is 1. The van der Waals surface area contributed by atoms with Crippen molar-refractivity contribution in [1.29, 1.82) is 0 Å². The van der Waals surface area contributed by atoms with E-state index in [1.807, 2.05) is 27.0 Å². The van der Waals surface area contributed by atoms with Crippen LogP contribution in [0.1, 0.15) is 39.5 Å². The zero-order chi connectivity index (χ0) is 15.2. The number of hydrogen-bond donors (Lipinski definition) is 1. The number of nitrogens with one attached hydrogen (secondary N) is 1. The molecule has 0 heterocycles. The smallest absolute Gasteiger partial charge is 0.305 e. The molecular formula is C15H30IN3O2. The van der Waals surface area contributed by atoms with Crippen molar-refractivity contribution in [2.45, 2.75) is 39.5 Å². The summed E-state index contributed by atoms with van der Waals surface area (Å²) in [5, 5.41) is 3.26. The molecule has 0 radical (unpaired) electrons. The molecule has 0 aromatic rings. The summed E-state index contributed by atoms with van der Waals surface area (Å²) in [6.45, 7) is 10.4. The molecule has 0 rings (SSSR count). The molecule has 0 fully saturated rings. The van der Waals surface area contributed by atoms with Crippen LogP contribution in [0.3, 0.4) is 0 Å². The van der Waals surface area contributed by atoms with Crippen molar-refractivity contribution in [2.24, 2.45) is 4.99 Å². The number of carbonyl (C=O) groups excluding carboxylic acids is 1. The lowest BCUT2D eigenvalue weighted by Crippen LogP contribution is -2.39. The monoisotopic (exact) mass is 411 g/mol. The quantitative estimate of drug-likeness (QED) is 0.150. The lowest BCUT2D eigenvalue weighted by atomic mass is 10.3. The maximum Gasteiger partial charge on any atom is 0.305 e. The number of hydrogen-bond acceptors (Lipinski definition) is 3. The number of aliphatic imine (C=N–C) groups is 1. The Bertz CT molecular complexity index is 309. The number of esters is 1. The van der Waals surface area contributed by atoms with Gasteiger partial charge in [-0.05, 0) is 33.1 Å². The second kappa shape index (κ2) is 15.6. The van der Waals surface area contributed by atoms with E-state index in [4.69, 9.17) is 4.74 Å². The predicted octanol–water partition coefficient (Wildman–Crippen LogP) is 2.81. The molecule has 0 aliphatic carbocycles. The second-order valence-corrected chi connectivity index (χ2v) is 4.50. The minimum atomic E-state index is -0.146. The highest BCUT2D eigenvalue weighted by molar-refractivity contribution is 14.0. The van der Waals surface area contributed by atoms with Gasteiger partial charge in [-0.1, -0.05) is 6.08 Å². The molecule has 0 saturated carbocycles. The Kier molecular flexibility index (Phi) is 16.7. The Balaban J connectivity index is 0. The molecule has 0 aliphatic heterocycles. The molecule has 0 amide bonds. The van der Waals surface area contributed by atoms with Gasteiger partial charge in [0.05, 0.1) is 6.61 Å². The van der Waals surface area contributed by atoms with Gasteiger partial charge < -0.3 is 15.0 Å². The molecule has 1 N–H and O–H groups in total. The van der Waals surface area contributed by atoms with Crippen LogP contribution in [0.2, 0.25) is 0 Å². The first-order chi connectivity index (χ1) is 9.65. The number of nitrogens with zero attached hydrogens (tertiary/aromatic N) is 2. The SMILES string of the molecule is C=CCCCN(C)C(=NCCCC(=O)OCC)NCC.I. The number of rotatable bonds is 10. The van der Waals surface area contributed by atoms with Crippen LogP contribution in [0, 0.1) is 0 Å². The number of guanidine groups is 1. The van der Waals surface area contributed by atoms with Gasteiger partial charge in [-0.25, -0.2) is 0 Å². The van der Waals surface area contributed by atoms with Gasteiger partial charge in [-0.3, -0.25) is 9.79 Å².